The molecule has 0 unspecified atom stereocenters. The number of halogens is 1. The first-order valence-electron chi connectivity index (χ1n) is 6.86. The summed E-state index contributed by atoms with van der Waals surface area (Å²) in [6.45, 7) is 1.92. The number of rotatable bonds is 4. The summed E-state index contributed by atoms with van der Waals surface area (Å²) in [5, 5.41) is 9.93. The SMILES string of the molecule is O=C(O)Cc1sc(N2CCCC2)nc1-c1ccc(F)cc1. The molecule has 0 radical (unpaired) electrons. The number of benzene rings is 1. The van der Waals surface area contributed by atoms with E-state index in [4.69, 9.17) is 5.11 Å². The second-order valence-electron chi connectivity index (χ2n) is 5.04. The molecule has 0 spiro atoms. The summed E-state index contributed by atoms with van der Waals surface area (Å²) in [6.07, 6.45) is 2.22. The number of nitrogens with zero attached hydrogens (tertiary/aromatic N) is 2. The molecule has 0 atom stereocenters. The molecular weight excluding hydrogens is 291 g/mol. The number of hydrogen-bond donors (Lipinski definition) is 1. The lowest BCUT2D eigenvalue weighted by molar-refractivity contribution is -0.136. The van der Waals surface area contributed by atoms with Gasteiger partial charge in [0.05, 0.1) is 12.1 Å². The van der Waals surface area contributed by atoms with E-state index >= 15 is 0 Å². The van der Waals surface area contributed by atoms with Crippen molar-refractivity contribution in [1.82, 2.24) is 4.98 Å². The topological polar surface area (TPSA) is 53.4 Å². The molecule has 1 aromatic heterocycles. The van der Waals surface area contributed by atoms with E-state index in [1.165, 1.54) is 23.5 Å². The maximum Gasteiger partial charge on any atom is 0.308 e. The van der Waals surface area contributed by atoms with Crippen molar-refractivity contribution in [3.05, 3.63) is 35.0 Å². The summed E-state index contributed by atoms with van der Waals surface area (Å²) in [5.41, 5.74) is 1.42. The maximum absolute atomic E-state index is 13.0. The monoisotopic (exact) mass is 306 g/mol. The molecule has 2 heterocycles. The minimum atomic E-state index is -0.880. The Labute approximate surface area is 125 Å². The molecule has 0 bridgehead atoms. The van der Waals surface area contributed by atoms with Gasteiger partial charge in [-0.1, -0.05) is 0 Å². The number of anilines is 1. The second-order valence-corrected chi connectivity index (χ2v) is 6.10. The fraction of sp³-hybridized carbons (Fsp3) is 0.333. The Morgan fingerprint density at radius 2 is 1.95 bits per heavy atom. The van der Waals surface area contributed by atoms with Gasteiger partial charge < -0.3 is 10.0 Å². The lowest BCUT2D eigenvalue weighted by Crippen LogP contribution is -2.17. The van der Waals surface area contributed by atoms with Gasteiger partial charge in [-0.25, -0.2) is 9.37 Å². The van der Waals surface area contributed by atoms with Crippen LogP contribution in [0.1, 0.15) is 17.7 Å². The molecule has 6 heteroatoms. The predicted octanol–water partition coefficient (Wildman–Crippen LogP) is 3.18. The van der Waals surface area contributed by atoms with E-state index in [9.17, 15) is 9.18 Å². The molecule has 0 amide bonds. The first-order valence-corrected chi connectivity index (χ1v) is 7.67. The van der Waals surface area contributed by atoms with Crippen LogP contribution in [0.3, 0.4) is 0 Å². The van der Waals surface area contributed by atoms with Gasteiger partial charge in [-0.05, 0) is 37.1 Å². The maximum atomic E-state index is 13.0. The molecular formula is C15H15FN2O2S. The first kappa shape index (κ1) is 14.0. The molecule has 21 heavy (non-hydrogen) atoms. The first-order chi connectivity index (χ1) is 10.1. The van der Waals surface area contributed by atoms with Crippen LogP contribution in [0.4, 0.5) is 9.52 Å². The molecule has 0 saturated carbocycles. The van der Waals surface area contributed by atoms with Crippen molar-refractivity contribution in [3.8, 4) is 11.3 Å². The highest BCUT2D eigenvalue weighted by Crippen LogP contribution is 2.35. The van der Waals surface area contributed by atoms with Crippen LogP contribution in [0.25, 0.3) is 11.3 Å². The van der Waals surface area contributed by atoms with E-state index in [1.54, 1.807) is 12.1 Å². The van der Waals surface area contributed by atoms with Crippen molar-refractivity contribution in [2.45, 2.75) is 19.3 Å². The average Bonchev–Trinajstić information content (AvgIpc) is 3.08. The van der Waals surface area contributed by atoms with E-state index in [-0.39, 0.29) is 12.2 Å². The molecule has 2 aromatic rings. The highest BCUT2D eigenvalue weighted by Gasteiger charge is 2.21. The summed E-state index contributed by atoms with van der Waals surface area (Å²) >= 11 is 1.42. The molecule has 1 fully saturated rings. The van der Waals surface area contributed by atoms with E-state index in [0.717, 1.165) is 41.5 Å². The van der Waals surface area contributed by atoms with Crippen molar-refractivity contribution < 1.29 is 14.3 Å². The van der Waals surface area contributed by atoms with Crippen LogP contribution in [0.5, 0.6) is 0 Å². The van der Waals surface area contributed by atoms with Gasteiger partial charge in [0.2, 0.25) is 0 Å². The van der Waals surface area contributed by atoms with Crippen LogP contribution in [-0.4, -0.2) is 29.1 Å². The molecule has 1 aliphatic rings. The van der Waals surface area contributed by atoms with Gasteiger partial charge in [0, 0.05) is 23.5 Å². The lowest BCUT2D eigenvalue weighted by atomic mass is 10.1. The summed E-state index contributed by atoms with van der Waals surface area (Å²) in [6, 6.07) is 6.02. The summed E-state index contributed by atoms with van der Waals surface area (Å²) < 4.78 is 13.0. The molecule has 1 aromatic carbocycles. The number of thiazole rings is 1. The Kier molecular flexibility index (Phi) is 3.88. The van der Waals surface area contributed by atoms with E-state index < -0.39 is 5.97 Å². The van der Waals surface area contributed by atoms with Crippen LogP contribution < -0.4 is 4.90 Å². The van der Waals surface area contributed by atoms with E-state index in [2.05, 4.69) is 9.88 Å². The van der Waals surface area contributed by atoms with Gasteiger partial charge in [0.1, 0.15) is 5.82 Å². The predicted molar refractivity (Wildman–Crippen MR) is 80.3 cm³/mol. The molecule has 4 nitrogen and oxygen atoms in total. The van der Waals surface area contributed by atoms with Gasteiger partial charge in [-0.3, -0.25) is 4.79 Å². The third-order valence-corrected chi connectivity index (χ3v) is 4.61. The van der Waals surface area contributed by atoms with Crippen molar-refractivity contribution in [3.63, 3.8) is 0 Å². The van der Waals surface area contributed by atoms with Crippen LogP contribution in [0.15, 0.2) is 24.3 Å². The molecule has 0 aliphatic carbocycles. The molecule has 1 saturated heterocycles. The van der Waals surface area contributed by atoms with Gasteiger partial charge in [-0.2, -0.15) is 0 Å². The molecule has 1 aliphatic heterocycles. The highest BCUT2D eigenvalue weighted by molar-refractivity contribution is 7.16. The third kappa shape index (κ3) is 3.05. The Morgan fingerprint density at radius 1 is 1.29 bits per heavy atom. The van der Waals surface area contributed by atoms with Crippen LogP contribution >= 0.6 is 11.3 Å². The Morgan fingerprint density at radius 3 is 2.57 bits per heavy atom. The Balaban J connectivity index is 1.99. The van der Waals surface area contributed by atoms with Crippen LogP contribution in [0, 0.1) is 5.82 Å². The number of carboxylic acid groups (broad SMARTS) is 1. The second kappa shape index (κ2) is 5.81. The van der Waals surface area contributed by atoms with Crippen molar-refractivity contribution in [2.24, 2.45) is 0 Å². The zero-order chi connectivity index (χ0) is 14.8. The number of aliphatic carboxylic acids is 1. The van der Waals surface area contributed by atoms with Crippen LogP contribution in [0.2, 0.25) is 0 Å². The molecule has 110 valence electrons. The Bertz CT molecular complexity index is 648. The molecule has 1 N–H and O–H groups in total. The van der Waals surface area contributed by atoms with Gasteiger partial charge in [0.15, 0.2) is 5.13 Å². The van der Waals surface area contributed by atoms with Crippen LogP contribution in [-0.2, 0) is 11.2 Å². The van der Waals surface area contributed by atoms with Crippen molar-refractivity contribution in [2.75, 3.05) is 18.0 Å². The number of aromatic nitrogens is 1. The minimum absolute atomic E-state index is 0.0573. The van der Waals surface area contributed by atoms with Gasteiger partial charge >= 0.3 is 5.97 Å². The average molecular weight is 306 g/mol. The lowest BCUT2D eigenvalue weighted by Gasteiger charge is -2.12. The van der Waals surface area contributed by atoms with E-state index in [1.807, 2.05) is 0 Å². The largest absolute Gasteiger partial charge is 0.481 e. The fourth-order valence-corrected chi connectivity index (χ4v) is 3.60. The number of carbonyl (C=O) groups is 1. The zero-order valence-electron chi connectivity index (χ0n) is 11.4. The summed E-state index contributed by atoms with van der Waals surface area (Å²) in [7, 11) is 0. The standard InChI is InChI=1S/C15H15FN2O2S/c16-11-5-3-10(4-6-11)14-12(9-13(19)20)21-15(17-14)18-7-1-2-8-18/h3-6H,1-2,7-9H2,(H,19,20). The number of carboxylic acids is 1. The van der Waals surface area contributed by atoms with Gasteiger partial charge in [-0.15, -0.1) is 11.3 Å². The van der Waals surface area contributed by atoms with Crippen molar-refractivity contribution >= 4 is 22.4 Å². The highest BCUT2D eigenvalue weighted by atomic mass is 32.1. The summed E-state index contributed by atoms with van der Waals surface area (Å²) in [4.78, 5) is 18.5. The molecule has 3 rings (SSSR count). The smallest absolute Gasteiger partial charge is 0.308 e. The normalized spacial score (nSPS) is 14.6. The van der Waals surface area contributed by atoms with Gasteiger partial charge in [0.25, 0.3) is 0 Å². The Hall–Kier alpha value is -1.95. The van der Waals surface area contributed by atoms with E-state index in [0.29, 0.717) is 5.69 Å². The minimum Gasteiger partial charge on any atom is -0.481 e. The fourth-order valence-electron chi connectivity index (χ4n) is 2.47. The van der Waals surface area contributed by atoms with Crippen molar-refractivity contribution in [1.29, 1.82) is 0 Å². The quantitative estimate of drug-likeness (QED) is 0.942. The summed E-state index contributed by atoms with van der Waals surface area (Å²) in [5.74, 6) is -1.19. The number of hydrogen-bond acceptors (Lipinski definition) is 4. The third-order valence-electron chi connectivity index (χ3n) is 3.49. The zero-order valence-corrected chi connectivity index (χ0v) is 12.2.